The molecule has 3 nitrogen and oxygen atoms in total. The molecule has 1 heterocycles. The topological polar surface area (TPSA) is 26.7 Å². The van der Waals surface area contributed by atoms with Gasteiger partial charge in [0.15, 0.2) is 0 Å². The predicted octanol–water partition coefficient (Wildman–Crippen LogP) is 3.43. The van der Waals surface area contributed by atoms with Crippen LogP contribution in [0, 0.1) is 11.8 Å². The maximum atomic E-state index is 8.79. The molecule has 0 bridgehead atoms. The van der Waals surface area contributed by atoms with E-state index in [1.807, 2.05) is 12.1 Å². The van der Waals surface area contributed by atoms with E-state index in [-0.39, 0.29) is 6.61 Å². The normalized spacial score (nSPS) is 17.3. The van der Waals surface area contributed by atoms with Gasteiger partial charge in [-0.3, -0.25) is 4.90 Å². The molecule has 2 aromatic rings. The molecule has 1 aliphatic heterocycles. The minimum absolute atomic E-state index is 0.0927. The number of aliphatic hydroxyl groups is 1. The fourth-order valence-electron chi connectivity index (χ4n) is 3.67. The Morgan fingerprint density at radius 1 is 1.04 bits per heavy atom. The fraction of sp³-hybridized carbons (Fsp3) is 0.391. The summed E-state index contributed by atoms with van der Waals surface area (Å²) < 4.78 is 0. The Morgan fingerprint density at radius 3 is 2.38 bits per heavy atom. The van der Waals surface area contributed by atoms with E-state index < -0.39 is 0 Å². The van der Waals surface area contributed by atoms with E-state index in [4.69, 9.17) is 5.11 Å². The Morgan fingerprint density at radius 2 is 1.73 bits per heavy atom. The molecule has 1 unspecified atom stereocenters. The lowest BCUT2D eigenvalue weighted by molar-refractivity contribution is 0.248. The van der Waals surface area contributed by atoms with E-state index in [0.717, 1.165) is 25.2 Å². The molecule has 26 heavy (non-hydrogen) atoms. The zero-order chi connectivity index (χ0) is 18.4. The van der Waals surface area contributed by atoms with Crippen molar-refractivity contribution in [2.24, 2.45) is 0 Å². The van der Waals surface area contributed by atoms with Crippen molar-refractivity contribution in [3.8, 4) is 11.8 Å². The van der Waals surface area contributed by atoms with Gasteiger partial charge < -0.3 is 10.0 Å². The van der Waals surface area contributed by atoms with Crippen LogP contribution in [0.25, 0.3) is 0 Å². The maximum Gasteiger partial charge on any atom is 0.104 e. The van der Waals surface area contributed by atoms with Crippen molar-refractivity contribution in [1.82, 2.24) is 9.80 Å². The van der Waals surface area contributed by atoms with Crippen LogP contribution in [0.3, 0.4) is 0 Å². The molecule has 1 atom stereocenters. The monoisotopic (exact) mass is 348 g/mol. The molecule has 136 valence electrons. The molecule has 1 N–H and O–H groups in total. The minimum atomic E-state index is -0.0927. The first-order valence-corrected chi connectivity index (χ1v) is 9.32. The van der Waals surface area contributed by atoms with Crippen LogP contribution in [0.15, 0.2) is 48.5 Å². The maximum absolute atomic E-state index is 8.79. The van der Waals surface area contributed by atoms with Crippen LogP contribution in [-0.4, -0.2) is 42.2 Å². The van der Waals surface area contributed by atoms with E-state index in [0.29, 0.717) is 6.04 Å². The van der Waals surface area contributed by atoms with Crippen molar-refractivity contribution in [3.05, 3.63) is 70.8 Å². The van der Waals surface area contributed by atoms with Gasteiger partial charge in [-0.25, -0.2) is 0 Å². The zero-order valence-corrected chi connectivity index (χ0v) is 15.8. The number of hydrogen-bond acceptors (Lipinski definition) is 3. The van der Waals surface area contributed by atoms with Gasteiger partial charge in [0.05, 0.1) is 0 Å². The second-order valence-corrected chi connectivity index (χ2v) is 7.26. The van der Waals surface area contributed by atoms with Gasteiger partial charge in [0, 0.05) is 24.7 Å². The average molecular weight is 348 g/mol. The summed E-state index contributed by atoms with van der Waals surface area (Å²) in [5.74, 6) is 5.65. The Labute approximate surface area is 157 Å². The van der Waals surface area contributed by atoms with Gasteiger partial charge in [-0.1, -0.05) is 48.2 Å². The van der Waals surface area contributed by atoms with Crippen LogP contribution >= 0.6 is 0 Å². The second kappa shape index (κ2) is 9.00. The Balaban J connectivity index is 1.66. The zero-order valence-electron chi connectivity index (χ0n) is 15.8. The van der Waals surface area contributed by atoms with Crippen LogP contribution in [0.2, 0.25) is 0 Å². The van der Waals surface area contributed by atoms with Gasteiger partial charge in [0.2, 0.25) is 0 Å². The summed E-state index contributed by atoms with van der Waals surface area (Å²) in [5, 5.41) is 8.79. The number of hydrogen-bond donors (Lipinski definition) is 1. The summed E-state index contributed by atoms with van der Waals surface area (Å²) in [7, 11) is 4.21. The number of nitrogens with zero attached hydrogens (tertiary/aromatic N) is 2. The Bertz CT molecular complexity index is 754. The highest BCUT2D eigenvalue weighted by Gasteiger charge is 2.25. The molecule has 0 spiro atoms. The lowest BCUT2D eigenvalue weighted by Crippen LogP contribution is -2.22. The highest BCUT2D eigenvalue weighted by atomic mass is 16.2. The van der Waals surface area contributed by atoms with Gasteiger partial charge in [0.25, 0.3) is 0 Å². The summed E-state index contributed by atoms with van der Waals surface area (Å²) in [5.41, 5.74) is 5.06. The molecular weight excluding hydrogens is 320 g/mol. The average Bonchev–Trinajstić information content (AvgIpc) is 3.09. The van der Waals surface area contributed by atoms with Crippen LogP contribution in [0.1, 0.15) is 41.1 Å². The number of aliphatic hydroxyl groups excluding tert-OH is 1. The molecule has 0 aliphatic carbocycles. The predicted molar refractivity (Wildman–Crippen MR) is 107 cm³/mol. The fourth-order valence-corrected chi connectivity index (χ4v) is 3.67. The number of benzene rings is 2. The SMILES string of the molecule is CN(C)Cc1ccc(C2CCCN2Cc2ccc(C#CCO)cc2)cc1. The smallest absolute Gasteiger partial charge is 0.104 e. The van der Waals surface area contributed by atoms with Crippen molar-refractivity contribution in [2.75, 3.05) is 27.2 Å². The van der Waals surface area contributed by atoms with E-state index in [2.05, 4.69) is 72.1 Å². The molecule has 1 fully saturated rings. The molecule has 3 heteroatoms. The summed E-state index contributed by atoms with van der Waals surface area (Å²) >= 11 is 0. The molecule has 0 amide bonds. The van der Waals surface area contributed by atoms with Gasteiger partial charge in [-0.2, -0.15) is 0 Å². The highest BCUT2D eigenvalue weighted by Crippen LogP contribution is 2.33. The van der Waals surface area contributed by atoms with Gasteiger partial charge >= 0.3 is 0 Å². The summed E-state index contributed by atoms with van der Waals surface area (Å²) in [6.07, 6.45) is 2.48. The van der Waals surface area contributed by atoms with Crippen molar-refractivity contribution in [2.45, 2.75) is 32.0 Å². The first-order valence-electron chi connectivity index (χ1n) is 9.32. The summed E-state index contributed by atoms with van der Waals surface area (Å²) in [4.78, 5) is 4.78. The first kappa shape index (κ1) is 18.7. The van der Waals surface area contributed by atoms with Crippen LogP contribution in [-0.2, 0) is 13.1 Å². The van der Waals surface area contributed by atoms with E-state index in [9.17, 15) is 0 Å². The van der Waals surface area contributed by atoms with E-state index in [1.165, 1.54) is 29.5 Å². The van der Waals surface area contributed by atoms with Crippen molar-refractivity contribution >= 4 is 0 Å². The minimum Gasteiger partial charge on any atom is -0.384 e. The molecule has 1 saturated heterocycles. The van der Waals surface area contributed by atoms with Gasteiger partial charge in [-0.15, -0.1) is 0 Å². The number of likely N-dealkylation sites (tertiary alicyclic amines) is 1. The third-order valence-corrected chi connectivity index (χ3v) is 4.88. The van der Waals surface area contributed by atoms with Crippen LogP contribution in [0.4, 0.5) is 0 Å². The lowest BCUT2D eigenvalue weighted by atomic mass is 10.0. The Hall–Kier alpha value is -2.12. The molecule has 0 saturated carbocycles. The second-order valence-electron chi connectivity index (χ2n) is 7.26. The first-order chi connectivity index (χ1) is 12.7. The van der Waals surface area contributed by atoms with Gasteiger partial charge in [-0.05, 0) is 62.3 Å². The van der Waals surface area contributed by atoms with Crippen LogP contribution < -0.4 is 0 Å². The number of rotatable bonds is 5. The molecule has 0 aromatic heterocycles. The summed E-state index contributed by atoms with van der Waals surface area (Å²) in [6, 6.07) is 18.0. The van der Waals surface area contributed by atoms with Crippen molar-refractivity contribution in [3.63, 3.8) is 0 Å². The quantitative estimate of drug-likeness (QED) is 0.839. The molecule has 2 aromatic carbocycles. The standard InChI is InChI=1S/C23H28N2O/c1-24(2)17-20-11-13-22(14-12-20)23-6-3-15-25(23)18-21-9-7-19(8-10-21)5-4-16-26/h7-14,23,26H,3,6,15-18H2,1-2H3. The van der Waals surface area contributed by atoms with Gasteiger partial charge in [0.1, 0.15) is 6.61 Å². The molecule has 1 aliphatic rings. The molecular formula is C23H28N2O. The van der Waals surface area contributed by atoms with E-state index in [1.54, 1.807) is 0 Å². The third-order valence-electron chi connectivity index (χ3n) is 4.88. The largest absolute Gasteiger partial charge is 0.384 e. The van der Waals surface area contributed by atoms with E-state index >= 15 is 0 Å². The Kier molecular flexibility index (Phi) is 6.46. The third kappa shape index (κ3) is 4.95. The summed E-state index contributed by atoms with van der Waals surface area (Å²) in [6.45, 7) is 3.01. The van der Waals surface area contributed by atoms with Crippen LogP contribution in [0.5, 0.6) is 0 Å². The molecule has 3 rings (SSSR count). The van der Waals surface area contributed by atoms with Crippen molar-refractivity contribution < 1.29 is 5.11 Å². The molecule has 0 radical (unpaired) electrons. The van der Waals surface area contributed by atoms with Crippen molar-refractivity contribution in [1.29, 1.82) is 0 Å². The lowest BCUT2D eigenvalue weighted by Gasteiger charge is -2.25. The highest BCUT2D eigenvalue weighted by molar-refractivity contribution is 5.36.